The van der Waals surface area contributed by atoms with Crippen LogP contribution in [0, 0.1) is 10.1 Å². The SMILES string of the molecule is CNc1ccc(C(=O)N2CCCC(c3nc4ccccc4[nH]3)C2)cc1[N+](=O)[O-]. The lowest BCUT2D eigenvalue weighted by molar-refractivity contribution is -0.384. The molecule has 1 aliphatic heterocycles. The summed E-state index contributed by atoms with van der Waals surface area (Å²) in [6.45, 7) is 1.18. The van der Waals surface area contributed by atoms with Crippen molar-refractivity contribution < 1.29 is 9.72 Å². The molecule has 1 aliphatic rings. The number of aromatic nitrogens is 2. The number of rotatable bonds is 4. The van der Waals surface area contributed by atoms with Gasteiger partial charge in [0.15, 0.2) is 0 Å². The van der Waals surface area contributed by atoms with Gasteiger partial charge < -0.3 is 15.2 Å². The first-order valence-corrected chi connectivity index (χ1v) is 9.27. The number of imidazole rings is 1. The molecular formula is C20H21N5O3. The maximum absolute atomic E-state index is 13.0. The Bertz CT molecular complexity index is 1010. The Labute approximate surface area is 161 Å². The second-order valence-corrected chi connectivity index (χ2v) is 6.97. The van der Waals surface area contributed by atoms with Crippen LogP contribution in [0.5, 0.6) is 0 Å². The number of nitrogens with zero attached hydrogens (tertiary/aromatic N) is 3. The van der Waals surface area contributed by atoms with Crippen LogP contribution in [0.3, 0.4) is 0 Å². The average Bonchev–Trinajstić information content (AvgIpc) is 3.17. The predicted octanol–water partition coefficient (Wildman–Crippen LogP) is 3.53. The van der Waals surface area contributed by atoms with Crippen molar-refractivity contribution in [2.24, 2.45) is 0 Å². The summed E-state index contributed by atoms with van der Waals surface area (Å²) in [6, 6.07) is 12.4. The Morgan fingerprint density at radius 1 is 1.32 bits per heavy atom. The highest BCUT2D eigenvalue weighted by atomic mass is 16.6. The molecule has 0 bridgehead atoms. The molecule has 4 rings (SSSR count). The molecule has 2 N–H and O–H groups in total. The number of para-hydroxylation sites is 2. The number of nitrogens with one attached hydrogen (secondary N) is 2. The van der Waals surface area contributed by atoms with Gasteiger partial charge in [0, 0.05) is 37.7 Å². The van der Waals surface area contributed by atoms with Gasteiger partial charge in [-0.05, 0) is 37.1 Å². The number of piperidine rings is 1. The number of carbonyl (C=O) groups excluding carboxylic acids is 1. The third-order valence-corrected chi connectivity index (χ3v) is 5.21. The van der Waals surface area contributed by atoms with E-state index >= 15 is 0 Å². The zero-order valence-corrected chi connectivity index (χ0v) is 15.5. The van der Waals surface area contributed by atoms with Crippen LogP contribution >= 0.6 is 0 Å². The third kappa shape index (κ3) is 3.28. The first-order valence-electron chi connectivity index (χ1n) is 9.27. The molecule has 1 aromatic heterocycles. The maximum Gasteiger partial charge on any atom is 0.293 e. The summed E-state index contributed by atoms with van der Waals surface area (Å²) < 4.78 is 0. The van der Waals surface area contributed by atoms with Crippen LogP contribution in [0.1, 0.15) is 34.9 Å². The fraction of sp³-hybridized carbons (Fsp3) is 0.300. The molecule has 3 aromatic rings. The zero-order chi connectivity index (χ0) is 19.7. The molecule has 1 amide bonds. The quantitative estimate of drug-likeness (QED) is 0.533. The number of carbonyl (C=O) groups is 1. The first-order chi connectivity index (χ1) is 13.6. The summed E-state index contributed by atoms with van der Waals surface area (Å²) >= 11 is 0. The number of nitro groups is 1. The van der Waals surface area contributed by atoms with Gasteiger partial charge >= 0.3 is 0 Å². The van der Waals surface area contributed by atoms with Crippen LogP contribution in [0.25, 0.3) is 11.0 Å². The van der Waals surface area contributed by atoms with E-state index < -0.39 is 4.92 Å². The van der Waals surface area contributed by atoms with E-state index in [0.717, 1.165) is 29.7 Å². The van der Waals surface area contributed by atoms with Gasteiger partial charge in [0.25, 0.3) is 11.6 Å². The van der Waals surface area contributed by atoms with E-state index in [0.29, 0.717) is 24.3 Å². The van der Waals surface area contributed by atoms with Crippen LogP contribution in [0.4, 0.5) is 11.4 Å². The Morgan fingerprint density at radius 3 is 2.89 bits per heavy atom. The zero-order valence-electron chi connectivity index (χ0n) is 15.5. The normalized spacial score (nSPS) is 16.9. The number of hydrogen-bond acceptors (Lipinski definition) is 5. The van der Waals surface area contributed by atoms with E-state index in [4.69, 9.17) is 0 Å². The highest BCUT2D eigenvalue weighted by Crippen LogP contribution is 2.29. The van der Waals surface area contributed by atoms with E-state index in [1.54, 1.807) is 24.1 Å². The minimum absolute atomic E-state index is 0.0980. The number of H-pyrrole nitrogens is 1. The standard InChI is InChI=1S/C20H21N5O3/c1-21-17-9-8-13(11-18(17)25(27)28)20(26)24-10-4-5-14(12-24)19-22-15-6-2-3-7-16(15)23-19/h2-3,6-9,11,14,21H,4-5,10,12H2,1H3,(H,22,23). The van der Waals surface area contributed by atoms with Gasteiger partial charge in [0.2, 0.25) is 0 Å². The molecule has 2 heterocycles. The van der Waals surface area contributed by atoms with Crippen molar-refractivity contribution in [3.05, 3.63) is 64.0 Å². The third-order valence-electron chi connectivity index (χ3n) is 5.21. The van der Waals surface area contributed by atoms with E-state index in [1.807, 2.05) is 24.3 Å². The Kier molecular flexibility index (Phi) is 4.68. The molecule has 1 unspecified atom stereocenters. The van der Waals surface area contributed by atoms with Gasteiger partial charge in [-0.25, -0.2) is 4.98 Å². The van der Waals surface area contributed by atoms with Crippen molar-refractivity contribution in [1.82, 2.24) is 14.9 Å². The van der Waals surface area contributed by atoms with Crippen molar-refractivity contribution in [3.8, 4) is 0 Å². The fourth-order valence-corrected chi connectivity index (χ4v) is 3.76. The van der Waals surface area contributed by atoms with Gasteiger partial charge in [-0.2, -0.15) is 0 Å². The lowest BCUT2D eigenvalue weighted by atomic mass is 9.96. The smallest absolute Gasteiger partial charge is 0.293 e. The number of aromatic amines is 1. The summed E-state index contributed by atoms with van der Waals surface area (Å²) in [6.07, 6.45) is 1.81. The van der Waals surface area contributed by atoms with Crippen LogP contribution < -0.4 is 5.32 Å². The van der Waals surface area contributed by atoms with E-state index in [9.17, 15) is 14.9 Å². The Balaban J connectivity index is 1.56. The van der Waals surface area contributed by atoms with Gasteiger partial charge in [0.05, 0.1) is 16.0 Å². The van der Waals surface area contributed by atoms with Gasteiger partial charge in [-0.15, -0.1) is 0 Å². The topological polar surface area (TPSA) is 104 Å². The number of benzene rings is 2. The molecule has 1 atom stereocenters. The first kappa shape index (κ1) is 18.0. The number of likely N-dealkylation sites (tertiary alicyclic amines) is 1. The number of amides is 1. The molecule has 1 saturated heterocycles. The molecule has 28 heavy (non-hydrogen) atoms. The minimum Gasteiger partial charge on any atom is -0.383 e. The molecule has 0 spiro atoms. The summed E-state index contributed by atoms with van der Waals surface area (Å²) in [5.41, 5.74) is 2.52. The lowest BCUT2D eigenvalue weighted by Gasteiger charge is -2.32. The second kappa shape index (κ2) is 7.30. The summed E-state index contributed by atoms with van der Waals surface area (Å²) in [7, 11) is 1.62. The Hall–Kier alpha value is -3.42. The molecular weight excluding hydrogens is 358 g/mol. The average molecular weight is 379 g/mol. The summed E-state index contributed by atoms with van der Waals surface area (Å²) in [5.74, 6) is 0.818. The number of anilines is 1. The van der Waals surface area contributed by atoms with E-state index in [2.05, 4.69) is 15.3 Å². The lowest BCUT2D eigenvalue weighted by Crippen LogP contribution is -2.39. The van der Waals surface area contributed by atoms with E-state index in [-0.39, 0.29) is 17.5 Å². The monoisotopic (exact) mass is 379 g/mol. The number of nitro benzene ring substituents is 1. The van der Waals surface area contributed by atoms with Crippen molar-refractivity contribution in [2.45, 2.75) is 18.8 Å². The predicted molar refractivity (Wildman–Crippen MR) is 107 cm³/mol. The van der Waals surface area contributed by atoms with Crippen LogP contribution in [0.2, 0.25) is 0 Å². The Morgan fingerprint density at radius 2 is 2.14 bits per heavy atom. The molecule has 8 heteroatoms. The molecule has 0 aliphatic carbocycles. The van der Waals surface area contributed by atoms with Gasteiger partial charge in [-0.1, -0.05) is 12.1 Å². The number of fused-ring (bicyclic) bond motifs is 1. The van der Waals surface area contributed by atoms with Crippen molar-refractivity contribution in [3.63, 3.8) is 0 Å². The second-order valence-electron chi connectivity index (χ2n) is 6.97. The van der Waals surface area contributed by atoms with E-state index in [1.165, 1.54) is 6.07 Å². The molecule has 2 aromatic carbocycles. The molecule has 144 valence electrons. The molecule has 1 fully saturated rings. The number of hydrogen-bond donors (Lipinski definition) is 2. The fourth-order valence-electron chi connectivity index (χ4n) is 3.76. The molecule has 0 radical (unpaired) electrons. The van der Waals surface area contributed by atoms with Crippen molar-refractivity contribution >= 4 is 28.3 Å². The molecule has 8 nitrogen and oxygen atoms in total. The summed E-state index contributed by atoms with van der Waals surface area (Å²) in [5, 5.41) is 14.1. The highest BCUT2D eigenvalue weighted by molar-refractivity contribution is 5.96. The minimum atomic E-state index is -0.476. The van der Waals surface area contributed by atoms with Crippen LogP contribution in [-0.4, -0.2) is 45.8 Å². The van der Waals surface area contributed by atoms with Crippen LogP contribution in [0.15, 0.2) is 42.5 Å². The van der Waals surface area contributed by atoms with Gasteiger partial charge in [0.1, 0.15) is 11.5 Å². The van der Waals surface area contributed by atoms with Crippen molar-refractivity contribution in [1.29, 1.82) is 0 Å². The van der Waals surface area contributed by atoms with Crippen LogP contribution in [-0.2, 0) is 0 Å². The highest BCUT2D eigenvalue weighted by Gasteiger charge is 2.28. The summed E-state index contributed by atoms with van der Waals surface area (Å²) in [4.78, 5) is 33.6. The van der Waals surface area contributed by atoms with Gasteiger partial charge in [-0.3, -0.25) is 14.9 Å². The van der Waals surface area contributed by atoms with Crippen molar-refractivity contribution in [2.75, 3.05) is 25.5 Å². The largest absolute Gasteiger partial charge is 0.383 e. The molecule has 0 saturated carbocycles. The maximum atomic E-state index is 13.0.